The molecule has 1 aliphatic carbocycles. The maximum absolute atomic E-state index is 13.4. The molecular formula is C23H26F3N5OS. The van der Waals surface area contributed by atoms with Crippen LogP contribution in [0.5, 0.6) is 0 Å². The first kappa shape index (κ1) is 22.5. The Hall–Kier alpha value is -2.33. The minimum absolute atomic E-state index is 0.0158. The zero-order chi connectivity index (χ0) is 23.2. The Morgan fingerprint density at radius 2 is 2.06 bits per heavy atom. The van der Waals surface area contributed by atoms with Crippen LogP contribution in [-0.4, -0.2) is 50.0 Å². The lowest BCUT2D eigenvalue weighted by Gasteiger charge is -2.17. The zero-order valence-corrected chi connectivity index (χ0v) is 19.4. The molecule has 33 heavy (non-hydrogen) atoms. The molecule has 1 saturated carbocycles. The molecule has 0 amide bonds. The average Bonchev–Trinajstić information content (AvgIpc) is 3.05. The summed E-state index contributed by atoms with van der Waals surface area (Å²) in [6.07, 6.45) is -0.0781. The Morgan fingerprint density at radius 1 is 1.24 bits per heavy atom. The van der Waals surface area contributed by atoms with Crippen molar-refractivity contribution in [2.75, 3.05) is 25.4 Å². The predicted molar refractivity (Wildman–Crippen MR) is 119 cm³/mol. The summed E-state index contributed by atoms with van der Waals surface area (Å²) in [5, 5.41) is 9.33. The Bertz CT molecular complexity index is 1140. The zero-order valence-electron chi connectivity index (χ0n) is 18.6. The number of thioether (sulfide) groups is 1. The van der Waals surface area contributed by atoms with E-state index in [1.165, 1.54) is 18.5 Å². The fourth-order valence-corrected chi connectivity index (χ4v) is 5.91. The van der Waals surface area contributed by atoms with Gasteiger partial charge < -0.3 is 13.9 Å². The third-order valence-electron chi connectivity index (χ3n) is 6.93. The lowest BCUT2D eigenvalue weighted by atomic mass is 9.95. The Balaban J connectivity index is 1.12. The van der Waals surface area contributed by atoms with E-state index in [4.69, 9.17) is 4.42 Å². The van der Waals surface area contributed by atoms with Crippen molar-refractivity contribution in [2.45, 2.75) is 43.4 Å². The molecular weight excluding hydrogens is 451 g/mol. The van der Waals surface area contributed by atoms with E-state index in [0.29, 0.717) is 17.1 Å². The normalized spacial score (nSPS) is 23.0. The van der Waals surface area contributed by atoms with Crippen LogP contribution >= 0.6 is 11.8 Å². The molecule has 0 N–H and O–H groups in total. The van der Waals surface area contributed by atoms with E-state index < -0.39 is 11.7 Å². The number of hydrogen-bond donors (Lipinski definition) is 0. The van der Waals surface area contributed by atoms with Crippen LogP contribution in [-0.2, 0) is 13.2 Å². The molecule has 0 radical (unpaired) electrons. The molecule has 1 spiro atoms. The fraction of sp³-hybridized carbons (Fsp3) is 0.522. The summed E-state index contributed by atoms with van der Waals surface area (Å²) in [5.41, 5.74) is 0.802. The van der Waals surface area contributed by atoms with Gasteiger partial charge in [-0.05, 0) is 62.2 Å². The van der Waals surface area contributed by atoms with Crippen LogP contribution in [0.1, 0.15) is 42.0 Å². The molecule has 2 fully saturated rings. The molecule has 176 valence electrons. The number of aryl methyl sites for hydroxylation is 1. The van der Waals surface area contributed by atoms with Gasteiger partial charge in [-0.1, -0.05) is 30.0 Å². The third kappa shape index (κ3) is 4.30. The second-order valence-corrected chi connectivity index (χ2v) is 10.1. The average molecular weight is 478 g/mol. The van der Waals surface area contributed by atoms with E-state index in [9.17, 15) is 13.2 Å². The fourth-order valence-electron chi connectivity index (χ4n) is 5.08. The quantitative estimate of drug-likeness (QED) is 0.346. The van der Waals surface area contributed by atoms with Crippen LogP contribution in [0.3, 0.4) is 0 Å². The first-order valence-corrected chi connectivity index (χ1v) is 12.1. The van der Waals surface area contributed by atoms with E-state index >= 15 is 0 Å². The van der Waals surface area contributed by atoms with Crippen molar-refractivity contribution in [3.8, 4) is 11.6 Å². The van der Waals surface area contributed by atoms with Gasteiger partial charge in [0.1, 0.15) is 0 Å². The van der Waals surface area contributed by atoms with Gasteiger partial charge in [0, 0.05) is 19.3 Å². The maximum Gasteiger partial charge on any atom is 0.416 e. The maximum atomic E-state index is 13.4. The van der Waals surface area contributed by atoms with Crippen molar-refractivity contribution in [1.29, 1.82) is 0 Å². The SMILES string of the molecule is Cc1ncoc1-c1nnc(SCCCN2CCC3(C[C@@H]3c3ccccc3C(F)(F)F)C2)n1C. The number of nitrogens with zero attached hydrogens (tertiary/aromatic N) is 5. The number of halogens is 3. The molecule has 1 aliphatic heterocycles. The molecule has 2 aromatic heterocycles. The Labute approximate surface area is 194 Å². The molecule has 1 aromatic carbocycles. The van der Waals surface area contributed by atoms with Crippen molar-refractivity contribution in [1.82, 2.24) is 24.6 Å². The van der Waals surface area contributed by atoms with Crippen LogP contribution < -0.4 is 0 Å². The molecule has 2 atom stereocenters. The molecule has 2 aliphatic rings. The van der Waals surface area contributed by atoms with Gasteiger partial charge in [-0.15, -0.1) is 10.2 Å². The number of likely N-dealkylation sites (tertiary alicyclic amines) is 1. The minimum Gasteiger partial charge on any atom is -0.440 e. The topological polar surface area (TPSA) is 60.0 Å². The second-order valence-electron chi connectivity index (χ2n) is 9.06. The van der Waals surface area contributed by atoms with Gasteiger partial charge in [0.2, 0.25) is 5.82 Å². The summed E-state index contributed by atoms with van der Waals surface area (Å²) >= 11 is 1.65. The monoisotopic (exact) mass is 477 g/mol. The van der Waals surface area contributed by atoms with E-state index in [2.05, 4.69) is 20.1 Å². The van der Waals surface area contributed by atoms with Crippen molar-refractivity contribution < 1.29 is 17.6 Å². The van der Waals surface area contributed by atoms with Crippen LogP contribution in [0.4, 0.5) is 13.2 Å². The van der Waals surface area contributed by atoms with E-state index in [-0.39, 0.29) is 11.3 Å². The summed E-state index contributed by atoms with van der Waals surface area (Å²) in [7, 11) is 1.91. The Kier molecular flexibility index (Phi) is 5.76. The second kappa shape index (κ2) is 8.47. The summed E-state index contributed by atoms with van der Waals surface area (Å²) in [4.78, 5) is 6.50. The molecule has 1 saturated heterocycles. The molecule has 3 aromatic rings. The van der Waals surface area contributed by atoms with Crippen LogP contribution in [0, 0.1) is 12.3 Å². The highest BCUT2D eigenvalue weighted by atomic mass is 32.2. The number of oxazole rings is 1. The van der Waals surface area contributed by atoms with Crippen molar-refractivity contribution in [3.63, 3.8) is 0 Å². The van der Waals surface area contributed by atoms with Crippen LogP contribution in [0.2, 0.25) is 0 Å². The predicted octanol–water partition coefficient (Wildman–Crippen LogP) is 5.16. The van der Waals surface area contributed by atoms with Crippen LogP contribution in [0.15, 0.2) is 40.2 Å². The smallest absolute Gasteiger partial charge is 0.416 e. The Morgan fingerprint density at radius 3 is 2.82 bits per heavy atom. The van der Waals surface area contributed by atoms with Crippen LogP contribution in [0.25, 0.3) is 11.6 Å². The largest absolute Gasteiger partial charge is 0.440 e. The van der Waals surface area contributed by atoms with Gasteiger partial charge in [0.05, 0.1) is 11.3 Å². The number of aromatic nitrogens is 4. The molecule has 5 rings (SSSR count). The van der Waals surface area contributed by atoms with Gasteiger partial charge in [0.25, 0.3) is 0 Å². The first-order valence-electron chi connectivity index (χ1n) is 11.1. The molecule has 10 heteroatoms. The highest BCUT2D eigenvalue weighted by Gasteiger charge is 2.59. The lowest BCUT2D eigenvalue weighted by Crippen LogP contribution is -2.23. The van der Waals surface area contributed by atoms with Crippen molar-refractivity contribution >= 4 is 11.8 Å². The molecule has 6 nitrogen and oxygen atoms in total. The summed E-state index contributed by atoms with van der Waals surface area (Å²) in [5.74, 6) is 2.20. The molecule has 1 unspecified atom stereocenters. The molecule has 0 bridgehead atoms. The standard InChI is InChI=1S/C23H26F3N5OS/c1-15-19(32-14-27-15)20-28-29-21(30(20)2)33-11-5-9-31-10-8-22(13-31)12-18(22)16-6-3-4-7-17(16)23(24,25)26/h3-4,6-7,14,18H,5,8-13H2,1-2H3/t18-,22?/m1/s1. The van der Waals surface area contributed by atoms with Gasteiger partial charge in [0.15, 0.2) is 17.3 Å². The summed E-state index contributed by atoms with van der Waals surface area (Å²) in [6.45, 7) is 4.64. The van der Waals surface area contributed by atoms with Gasteiger partial charge in [-0.25, -0.2) is 4.98 Å². The lowest BCUT2D eigenvalue weighted by molar-refractivity contribution is -0.138. The van der Waals surface area contributed by atoms with Crippen molar-refractivity contribution in [2.24, 2.45) is 12.5 Å². The number of alkyl halides is 3. The summed E-state index contributed by atoms with van der Waals surface area (Å²) < 4.78 is 47.6. The van der Waals surface area contributed by atoms with Gasteiger partial charge in [-0.3, -0.25) is 0 Å². The first-order chi connectivity index (χ1) is 15.8. The number of hydrogen-bond acceptors (Lipinski definition) is 6. The van der Waals surface area contributed by atoms with Crippen molar-refractivity contribution in [3.05, 3.63) is 47.5 Å². The van der Waals surface area contributed by atoms with E-state index in [1.54, 1.807) is 23.9 Å². The van der Waals surface area contributed by atoms with Gasteiger partial charge in [-0.2, -0.15) is 13.2 Å². The highest BCUT2D eigenvalue weighted by Crippen LogP contribution is 2.65. The number of rotatable bonds is 7. The summed E-state index contributed by atoms with van der Waals surface area (Å²) in [6, 6.07) is 6.08. The highest BCUT2D eigenvalue weighted by molar-refractivity contribution is 7.99. The van der Waals surface area contributed by atoms with E-state index in [0.717, 1.165) is 55.5 Å². The number of benzene rings is 1. The van der Waals surface area contributed by atoms with E-state index in [1.807, 2.05) is 18.5 Å². The molecule has 3 heterocycles. The van der Waals surface area contributed by atoms with Gasteiger partial charge >= 0.3 is 6.18 Å². The third-order valence-corrected chi connectivity index (χ3v) is 8.04. The minimum atomic E-state index is -4.29.